The van der Waals surface area contributed by atoms with Gasteiger partial charge in [-0.1, -0.05) is 49.4 Å². The molecule has 1 saturated carbocycles. The Labute approximate surface area is 103 Å². The maximum atomic E-state index is 6.54. The van der Waals surface area contributed by atoms with Crippen LogP contribution in [-0.2, 0) is 5.54 Å². The minimum atomic E-state index is -0.145. The minimum Gasteiger partial charge on any atom is -0.321 e. The Kier molecular flexibility index (Phi) is 3.56. The average molecular weight is 238 g/mol. The predicted octanol–water partition coefficient (Wildman–Crippen LogP) is 4.16. The van der Waals surface area contributed by atoms with Crippen LogP contribution in [0.5, 0.6) is 0 Å². The third-order valence-electron chi connectivity index (χ3n) is 3.74. The second kappa shape index (κ2) is 4.77. The number of aryl methyl sites for hydroxylation is 1. The summed E-state index contributed by atoms with van der Waals surface area (Å²) in [6.07, 6.45) is 7.29. The molecule has 1 fully saturated rings. The summed E-state index contributed by atoms with van der Waals surface area (Å²) >= 11 is 6.18. The van der Waals surface area contributed by atoms with Gasteiger partial charge in [0, 0.05) is 10.6 Å². The number of hydrogen-bond donors (Lipinski definition) is 1. The second-order valence-corrected chi connectivity index (χ2v) is 5.44. The zero-order chi connectivity index (χ0) is 11.6. The first kappa shape index (κ1) is 11.9. The van der Waals surface area contributed by atoms with E-state index in [2.05, 4.69) is 18.2 Å². The van der Waals surface area contributed by atoms with Gasteiger partial charge < -0.3 is 5.73 Å². The van der Waals surface area contributed by atoms with Crippen LogP contribution in [0, 0.1) is 6.92 Å². The Balaban J connectivity index is 2.29. The Morgan fingerprint density at radius 3 is 2.31 bits per heavy atom. The summed E-state index contributed by atoms with van der Waals surface area (Å²) in [7, 11) is 0. The Hall–Kier alpha value is -0.530. The standard InChI is InChI=1S/C14H20ClN/c1-11-6-7-12(10-13(11)15)14(16)8-4-2-3-5-9-14/h6-7,10H,2-5,8-9,16H2,1H3. The largest absolute Gasteiger partial charge is 0.321 e. The van der Waals surface area contributed by atoms with Crippen molar-refractivity contribution in [2.45, 2.75) is 51.0 Å². The van der Waals surface area contributed by atoms with Crippen molar-refractivity contribution in [2.75, 3.05) is 0 Å². The fourth-order valence-electron chi connectivity index (χ4n) is 2.55. The van der Waals surface area contributed by atoms with Crippen molar-refractivity contribution in [3.8, 4) is 0 Å². The van der Waals surface area contributed by atoms with Gasteiger partial charge in [-0.3, -0.25) is 0 Å². The van der Waals surface area contributed by atoms with Crippen LogP contribution < -0.4 is 5.73 Å². The van der Waals surface area contributed by atoms with Gasteiger partial charge in [0.15, 0.2) is 0 Å². The van der Waals surface area contributed by atoms with E-state index in [1.165, 1.54) is 31.2 Å². The van der Waals surface area contributed by atoms with Crippen molar-refractivity contribution in [3.63, 3.8) is 0 Å². The van der Waals surface area contributed by atoms with Crippen LogP contribution >= 0.6 is 11.6 Å². The second-order valence-electron chi connectivity index (χ2n) is 5.03. The van der Waals surface area contributed by atoms with Gasteiger partial charge >= 0.3 is 0 Å². The van der Waals surface area contributed by atoms with Crippen LogP contribution in [0.3, 0.4) is 0 Å². The molecule has 1 aliphatic rings. The van der Waals surface area contributed by atoms with Gasteiger partial charge in [0.05, 0.1) is 0 Å². The fourth-order valence-corrected chi connectivity index (χ4v) is 2.73. The van der Waals surface area contributed by atoms with Crippen LogP contribution in [0.4, 0.5) is 0 Å². The Morgan fingerprint density at radius 2 is 1.75 bits per heavy atom. The summed E-state index contributed by atoms with van der Waals surface area (Å²) in [5.41, 5.74) is 8.74. The lowest BCUT2D eigenvalue weighted by Crippen LogP contribution is -2.35. The van der Waals surface area contributed by atoms with Crippen molar-refractivity contribution in [1.29, 1.82) is 0 Å². The molecule has 0 atom stereocenters. The molecule has 0 heterocycles. The van der Waals surface area contributed by atoms with Crippen LogP contribution in [0.1, 0.15) is 49.7 Å². The Bertz CT molecular complexity index is 365. The van der Waals surface area contributed by atoms with Crippen LogP contribution in [0.25, 0.3) is 0 Å². The Morgan fingerprint density at radius 1 is 1.12 bits per heavy atom. The van der Waals surface area contributed by atoms with Crippen LogP contribution in [0.2, 0.25) is 5.02 Å². The molecule has 0 radical (unpaired) electrons. The van der Waals surface area contributed by atoms with Crippen molar-refractivity contribution in [1.82, 2.24) is 0 Å². The number of halogens is 1. The lowest BCUT2D eigenvalue weighted by atomic mass is 9.83. The molecular formula is C14H20ClN. The summed E-state index contributed by atoms with van der Waals surface area (Å²) in [5.74, 6) is 0. The summed E-state index contributed by atoms with van der Waals surface area (Å²) in [6, 6.07) is 6.28. The molecule has 2 N–H and O–H groups in total. The highest BCUT2D eigenvalue weighted by atomic mass is 35.5. The minimum absolute atomic E-state index is 0.145. The maximum Gasteiger partial charge on any atom is 0.0438 e. The van der Waals surface area contributed by atoms with E-state index in [1.807, 2.05) is 6.92 Å². The first-order valence-corrected chi connectivity index (χ1v) is 6.55. The third kappa shape index (κ3) is 2.41. The monoisotopic (exact) mass is 237 g/mol. The van der Waals surface area contributed by atoms with E-state index >= 15 is 0 Å². The van der Waals surface area contributed by atoms with Gasteiger partial charge in [-0.05, 0) is 37.0 Å². The molecule has 88 valence electrons. The number of hydrogen-bond acceptors (Lipinski definition) is 1. The van der Waals surface area contributed by atoms with Gasteiger partial charge in [-0.25, -0.2) is 0 Å². The zero-order valence-corrected chi connectivity index (χ0v) is 10.7. The van der Waals surface area contributed by atoms with Crippen molar-refractivity contribution in [3.05, 3.63) is 34.3 Å². The third-order valence-corrected chi connectivity index (χ3v) is 4.15. The molecule has 0 spiro atoms. The number of rotatable bonds is 1. The molecule has 0 aromatic heterocycles. The molecule has 2 heteroatoms. The molecular weight excluding hydrogens is 218 g/mol. The van der Waals surface area contributed by atoms with E-state index < -0.39 is 0 Å². The highest BCUT2D eigenvalue weighted by Crippen LogP contribution is 2.35. The van der Waals surface area contributed by atoms with Crippen molar-refractivity contribution in [2.24, 2.45) is 5.73 Å². The summed E-state index contributed by atoms with van der Waals surface area (Å²) < 4.78 is 0. The molecule has 0 unspecified atom stereocenters. The normalized spacial score (nSPS) is 20.4. The molecule has 0 aliphatic heterocycles. The van der Waals surface area contributed by atoms with E-state index in [0.717, 1.165) is 23.4 Å². The van der Waals surface area contributed by atoms with Gasteiger partial charge in [0.25, 0.3) is 0 Å². The topological polar surface area (TPSA) is 26.0 Å². The highest BCUT2D eigenvalue weighted by molar-refractivity contribution is 6.31. The van der Waals surface area contributed by atoms with Gasteiger partial charge in [0.1, 0.15) is 0 Å². The van der Waals surface area contributed by atoms with E-state index in [0.29, 0.717) is 0 Å². The molecule has 2 rings (SSSR count). The van der Waals surface area contributed by atoms with Gasteiger partial charge in [-0.2, -0.15) is 0 Å². The molecule has 1 aromatic carbocycles. The van der Waals surface area contributed by atoms with Crippen molar-refractivity contribution >= 4 is 11.6 Å². The molecule has 16 heavy (non-hydrogen) atoms. The van der Waals surface area contributed by atoms with E-state index in [4.69, 9.17) is 17.3 Å². The predicted molar refractivity (Wildman–Crippen MR) is 69.8 cm³/mol. The lowest BCUT2D eigenvalue weighted by molar-refractivity contribution is 0.385. The summed E-state index contributed by atoms with van der Waals surface area (Å²) in [4.78, 5) is 0. The molecule has 0 saturated heterocycles. The number of benzene rings is 1. The van der Waals surface area contributed by atoms with E-state index in [1.54, 1.807) is 0 Å². The molecule has 1 aromatic rings. The lowest BCUT2D eigenvalue weighted by Gasteiger charge is -2.29. The average Bonchev–Trinajstić information content (AvgIpc) is 2.48. The quantitative estimate of drug-likeness (QED) is 0.730. The maximum absolute atomic E-state index is 6.54. The molecule has 0 bridgehead atoms. The van der Waals surface area contributed by atoms with E-state index in [9.17, 15) is 0 Å². The van der Waals surface area contributed by atoms with Crippen molar-refractivity contribution < 1.29 is 0 Å². The summed E-state index contributed by atoms with van der Waals surface area (Å²) in [5, 5.41) is 0.839. The van der Waals surface area contributed by atoms with Gasteiger partial charge in [-0.15, -0.1) is 0 Å². The highest BCUT2D eigenvalue weighted by Gasteiger charge is 2.28. The van der Waals surface area contributed by atoms with Crippen LogP contribution in [-0.4, -0.2) is 0 Å². The summed E-state index contributed by atoms with van der Waals surface area (Å²) in [6.45, 7) is 2.03. The van der Waals surface area contributed by atoms with Crippen LogP contribution in [0.15, 0.2) is 18.2 Å². The first-order chi connectivity index (χ1) is 7.62. The molecule has 1 nitrogen and oxygen atoms in total. The molecule has 1 aliphatic carbocycles. The molecule has 0 amide bonds. The fraction of sp³-hybridized carbons (Fsp3) is 0.571. The SMILES string of the molecule is Cc1ccc(C2(N)CCCCCC2)cc1Cl. The smallest absolute Gasteiger partial charge is 0.0438 e. The first-order valence-electron chi connectivity index (χ1n) is 6.17. The zero-order valence-electron chi connectivity index (χ0n) is 9.93. The van der Waals surface area contributed by atoms with Gasteiger partial charge in [0.2, 0.25) is 0 Å². The number of nitrogens with two attached hydrogens (primary N) is 1. The van der Waals surface area contributed by atoms with E-state index in [-0.39, 0.29) is 5.54 Å².